The molecule has 0 radical (unpaired) electrons. The molecule has 1 fully saturated rings. The summed E-state index contributed by atoms with van der Waals surface area (Å²) < 4.78 is 10.5. The van der Waals surface area contributed by atoms with E-state index in [4.69, 9.17) is 14.5 Å². The van der Waals surface area contributed by atoms with Gasteiger partial charge < -0.3 is 14.8 Å². The number of hydrogen-bond donors (Lipinski definition) is 1. The number of methoxy groups -OCH3 is 2. The second-order valence-corrected chi connectivity index (χ2v) is 8.47. The summed E-state index contributed by atoms with van der Waals surface area (Å²) in [7, 11) is 3.08. The van der Waals surface area contributed by atoms with Crippen LogP contribution < -0.4 is 14.8 Å². The number of anilines is 1. The molecule has 0 aromatic heterocycles. The molecule has 0 spiro atoms. The van der Waals surface area contributed by atoms with Crippen LogP contribution in [0.2, 0.25) is 0 Å². The van der Waals surface area contributed by atoms with E-state index in [1.807, 2.05) is 32.0 Å². The zero-order chi connectivity index (χ0) is 23.3. The molecular formula is C24H27N3O4S. The van der Waals surface area contributed by atoms with Crippen molar-refractivity contribution in [2.24, 2.45) is 4.99 Å². The van der Waals surface area contributed by atoms with Gasteiger partial charge in [0.05, 0.1) is 25.6 Å². The van der Waals surface area contributed by atoms with Gasteiger partial charge in [0.25, 0.3) is 0 Å². The van der Waals surface area contributed by atoms with E-state index in [1.54, 1.807) is 36.3 Å². The highest BCUT2D eigenvalue weighted by Crippen LogP contribution is 2.34. The second kappa shape index (κ2) is 10.4. The van der Waals surface area contributed by atoms with Gasteiger partial charge in [0.15, 0.2) is 5.17 Å². The quantitative estimate of drug-likeness (QED) is 0.597. The molecule has 0 bridgehead atoms. The summed E-state index contributed by atoms with van der Waals surface area (Å²) in [6.45, 7) is 8.05. The van der Waals surface area contributed by atoms with Crippen molar-refractivity contribution in [3.63, 3.8) is 0 Å². The highest BCUT2D eigenvalue weighted by molar-refractivity contribution is 8.15. The van der Waals surface area contributed by atoms with Crippen LogP contribution >= 0.6 is 11.8 Å². The lowest BCUT2D eigenvalue weighted by Gasteiger charge is -2.15. The normalized spacial score (nSPS) is 16.9. The molecule has 1 saturated heterocycles. The van der Waals surface area contributed by atoms with E-state index in [0.717, 1.165) is 16.8 Å². The highest BCUT2D eigenvalue weighted by Gasteiger charge is 2.38. The Hall–Kier alpha value is -3.26. The molecule has 1 aliphatic rings. The Balaban J connectivity index is 1.79. The summed E-state index contributed by atoms with van der Waals surface area (Å²) in [6.07, 6.45) is 1.67. The van der Waals surface area contributed by atoms with Gasteiger partial charge in [0.2, 0.25) is 11.8 Å². The average molecular weight is 454 g/mol. The summed E-state index contributed by atoms with van der Waals surface area (Å²) in [6, 6.07) is 11.1. The van der Waals surface area contributed by atoms with E-state index in [2.05, 4.69) is 11.9 Å². The molecule has 0 aliphatic carbocycles. The number of para-hydroxylation sites is 1. The summed E-state index contributed by atoms with van der Waals surface area (Å²) in [5, 5.41) is 2.83. The average Bonchev–Trinajstić information content (AvgIpc) is 3.05. The maximum atomic E-state index is 13.0. The van der Waals surface area contributed by atoms with Gasteiger partial charge in [-0.15, -0.1) is 6.58 Å². The Morgan fingerprint density at radius 2 is 1.94 bits per heavy atom. The zero-order valence-electron chi connectivity index (χ0n) is 18.7. The molecule has 2 aromatic rings. The Labute approximate surface area is 192 Å². The predicted molar refractivity (Wildman–Crippen MR) is 129 cm³/mol. The standard InChI is InChI=1S/C24H27N3O4S/c1-6-12-27-23(29)20(32-24(27)26-22-15(2)8-7-9-16(22)3)14-21(28)25-18-11-10-17(30-4)13-19(18)31-5/h6-11,13,20H,1,12,14H2,2-5H3,(H,25,28)/t20-/m0/s1. The molecule has 0 unspecified atom stereocenters. The lowest BCUT2D eigenvalue weighted by molar-refractivity contribution is -0.127. The number of rotatable bonds is 8. The number of nitrogens with one attached hydrogen (secondary N) is 1. The number of nitrogens with zero attached hydrogens (tertiary/aromatic N) is 2. The van der Waals surface area contributed by atoms with Crippen LogP contribution in [0.3, 0.4) is 0 Å². The van der Waals surface area contributed by atoms with Crippen LogP contribution in [0.1, 0.15) is 17.5 Å². The van der Waals surface area contributed by atoms with Gasteiger partial charge in [0.1, 0.15) is 16.7 Å². The SMILES string of the molecule is C=CCN1C(=O)[C@H](CC(=O)Nc2ccc(OC)cc2OC)SC1=Nc1c(C)cccc1C. The Bertz CT molecular complexity index is 1050. The topological polar surface area (TPSA) is 80.2 Å². The number of thioether (sulfide) groups is 1. The van der Waals surface area contributed by atoms with Crippen molar-refractivity contribution in [3.8, 4) is 11.5 Å². The molecule has 2 aromatic carbocycles. The van der Waals surface area contributed by atoms with Gasteiger partial charge in [-0.25, -0.2) is 4.99 Å². The number of amidine groups is 1. The summed E-state index contributed by atoms with van der Waals surface area (Å²) in [4.78, 5) is 32.1. The Morgan fingerprint density at radius 1 is 1.22 bits per heavy atom. The van der Waals surface area contributed by atoms with Crippen LogP contribution in [0.4, 0.5) is 11.4 Å². The molecule has 1 atom stereocenters. The summed E-state index contributed by atoms with van der Waals surface area (Å²) >= 11 is 1.30. The monoisotopic (exact) mass is 453 g/mol. The van der Waals surface area contributed by atoms with Crippen molar-refractivity contribution in [2.75, 3.05) is 26.1 Å². The maximum absolute atomic E-state index is 13.0. The number of carbonyl (C=O) groups excluding carboxylic acids is 2. The fourth-order valence-electron chi connectivity index (χ4n) is 3.37. The molecule has 168 valence electrons. The number of ether oxygens (including phenoxy) is 2. The molecule has 1 aliphatic heterocycles. The molecular weight excluding hydrogens is 426 g/mol. The van der Waals surface area contributed by atoms with Crippen LogP contribution in [0.25, 0.3) is 0 Å². The molecule has 7 nitrogen and oxygen atoms in total. The van der Waals surface area contributed by atoms with Gasteiger partial charge in [0, 0.05) is 19.0 Å². The zero-order valence-corrected chi connectivity index (χ0v) is 19.5. The lowest BCUT2D eigenvalue weighted by atomic mass is 10.1. The molecule has 32 heavy (non-hydrogen) atoms. The second-order valence-electron chi connectivity index (χ2n) is 7.30. The first-order chi connectivity index (χ1) is 15.4. The van der Waals surface area contributed by atoms with E-state index in [1.165, 1.54) is 18.9 Å². The summed E-state index contributed by atoms with van der Waals surface area (Å²) in [5.41, 5.74) is 3.40. The number of carbonyl (C=O) groups is 2. The van der Waals surface area contributed by atoms with Crippen LogP contribution in [-0.2, 0) is 9.59 Å². The smallest absolute Gasteiger partial charge is 0.242 e. The van der Waals surface area contributed by atoms with Crippen molar-refractivity contribution < 1.29 is 19.1 Å². The van der Waals surface area contributed by atoms with Crippen molar-refractivity contribution >= 4 is 40.1 Å². The minimum atomic E-state index is -0.567. The first kappa shape index (κ1) is 23.4. The number of benzene rings is 2. The van der Waals surface area contributed by atoms with Crippen LogP contribution in [-0.4, -0.2) is 47.9 Å². The molecule has 2 amide bonds. The third-order valence-electron chi connectivity index (χ3n) is 5.03. The number of aryl methyl sites for hydroxylation is 2. The maximum Gasteiger partial charge on any atom is 0.242 e. The largest absolute Gasteiger partial charge is 0.497 e. The Kier molecular flexibility index (Phi) is 7.58. The van der Waals surface area contributed by atoms with E-state index in [-0.39, 0.29) is 18.2 Å². The van der Waals surface area contributed by atoms with Crippen molar-refractivity contribution in [2.45, 2.75) is 25.5 Å². The molecule has 1 N–H and O–H groups in total. The van der Waals surface area contributed by atoms with Gasteiger partial charge in [-0.3, -0.25) is 14.5 Å². The predicted octanol–water partition coefficient (Wildman–Crippen LogP) is 4.47. The van der Waals surface area contributed by atoms with Gasteiger partial charge >= 0.3 is 0 Å². The minimum absolute atomic E-state index is 0.0120. The lowest BCUT2D eigenvalue weighted by Crippen LogP contribution is -2.33. The number of hydrogen-bond acceptors (Lipinski definition) is 6. The first-order valence-corrected chi connectivity index (χ1v) is 11.0. The fraction of sp³-hybridized carbons (Fsp3) is 0.292. The molecule has 0 saturated carbocycles. The first-order valence-electron chi connectivity index (χ1n) is 10.1. The highest BCUT2D eigenvalue weighted by atomic mass is 32.2. The van der Waals surface area contributed by atoms with Gasteiger partial charge in [-0.2, -0.15) is 0 Å². The van der Waals surface area contributed by atoms with E-state index in [9.17, 15) is 9.59 Å². The summed E-state index contributed by atoms with van der Waals surface area (Å²) in [5.74, 6) is 0.658. The van der Waals surface area contributed by atoms with E-state index in [0.29, 0.717) is 28.9 Å². The van der Waals surface area contributed by atoms with Crippen molar-refractivity contribution in [3.05, 3.63) is 60.2 Å². The van der Waals surface area contributed by atoms with Crippen molar-refractivity contribution in [1.82, 2.24) is 4.90 Å². The van der Waals surface area contributed by atoms with Gasteiger partial charge in [-0.1, -0.05) is 36.0 Å². The van der Waals surface area contributed by atoms with Gasteiger partial charge in [-0.05, 0) is 37.1 Å². The van der Waals surface area contributed by atoms with E-state index < -0.39 is 5.25 Å². The molecule has 8 heteroatoms. The number of amides is 2. The molecule has 3 rings (SSSR count). The van der Waals surface area contributed by atoms with E-state index >= 15 is 0 Å². The van der Waals surface area contributed by atoms with Crippen molar-refractivity contribution in [1.29, 1.82) is 0 Å². The van der Waals surface area contributed by atoms with Crippen LogP contribution in [0, 0.1) is 13.8 Å². The Morgan fingerprint density at radius 3 is 2.56 bits per heavy atom. The van der Waals surface area contributed by atoms with Crippen LogP contribution in [0.15, 0.2) is 54.0 Å². The molecule has 1 heterocycles. The fourth-order valence-corrected chi connectivity index (χ4v) is 4.52. The third-order valence-corrected chi connectivity index (χ3v) is 6.21. The number of aliphatic imine (C=N–C) groups is 1. The third kappa shape index (κ3) is 5.13. The van der Waals surface area contributed by atoms with Crippen LogP contribution in [0.5, 0.6) is 11.5 Å². The minimum Gasteiger partial charge on any atom is -0.497 e.